The highest BCUT2D eigenvalue weighted by molar-refractivity contribution is 7.63. The molecule has 0 aromatic carbocycles. The SMILES string of the molecule is CCP(CC)C1=C(C(C)P(C(C)(C)C)C(C)(C)C)CC=C1. The van der Waals surface area contributed by atoms with Gasteiger partial charge in [0.25, 0.3) is 0 Å². The molecule has 0 N–H and O–H groups in total. The second-order valence-electron chi connectivity index (χ2n) is 8.08. The molecule has 1 atom stereocenters. The average Bonchev–Trinajstić information content (AvgIpc) is 2.75. The Kier molecular flexibility index (Phi) is 6.72. The maximum absolute atomic E-state index is 2.52. The third kappa shape index (κ3) is 4.65. The molecule has 21 heavy (non-hydrogen) atoms. The van der Waals surface area contributed by atoms with E-state index in [4.69, 9.17) is 0 Å². The Morgan fingerprint density at radius 3 is 1.86 bits per heavy atom. The van der Waals surface area contributed by atoms with Crippen molar-refractivity contribution in [2.75, 3.05) is 12.3 Å². The summed E-state index contributed by atoms with van der Waals surface area (Å²) >= 11 is 0. The van der Waals surface area contributed by atoms with Crippen molar-refractivity contribution < 1.29 is 0 Å². The van der Waals surface area contributed by atoms with Crippen LogP contribution in [0.4, 0.5) is 0 Å². The topological polar surface area (TPSA) is 0 Å². The summed E-state index contributed by atoms with van der Waals surface area (Å²) in [5, 5.41) is 2.56. The average molecular weight is 326 g/mol. The van der Waals surface area contributed by atoms with E-state index < -0.39 is 0 Å². The van der Waals surface area contributed by atoms with Crippen molar-refractivity contribution in [3.05, 3.63) is 23.0 Å². The molecule has 0 fully saturated rings. The molecule has 1 aliphatic rings. The smallest absolute Gasteiger partial charge is 0.000586 e. The summed E-state index contributed by atoms with van der Waals surface area (Å²) in [5.74, 6) is 0. The Bertz CT molecular complexity index is 386. The summed E-state index contributed by atoms with van der Waals surface area (Å²) in [6.45, 7) is 22.0. The van der Waals surface area contributed by atoms with Crippen LogP contribution in [0.15, 0.2) is 23.0 Å². The Labute approximate surface area is 136 Å². The number of allylic oxidation sites excluding steroid dienone is 4. The van der Waals surface area contributed by atoms with Crippen LogP contribution in [0.3, 0.4) is 0 Å². The van der Waals surface area contributed by atoms with Gasteiger partial charge in [0.05, 0.1) is 0 Å². The second-order valence-corrected chi connectivity index (χ2v) is 15.1. The van der Waals surface area contributed by atoms with Gasteiger partial charge in [0.15, 0.2) is 0 Å². The fraction of sp³-hybridized carbons (Fsp3) is 0.789. The summed E-state index contributed by atoms with van der Waals surface area (Å²) in [6, 6.07) is 0. The lowest BCUT2D eigenvalue weighted by Crippen LogP contribution is -2.31. The van der Waals surface area contributed by atoms with E-state index in [-0.39, 0.29) is 15.8 Å². The molecule has 0 spiro atoms. The van der Waals surface area contributed by atoms with Crippen LogP contribution in [-0.4, -0.2) is 28.3 Å². The molecule has 1 rings (SSSR count). The molecule has 2 heteroatoms. The van der Waals surface area contributed by atoms with Crippen LogP contribution in [0, 0.1) is 0 Å². The van der Waals surface area contributed by atoms with Crippen LogP contribution in [0.2, 0.25) is 0 Å². The zero-order valence-electron chi connectivity index (χ0n) is 15.7. The predicted octanol–water partition coefficient (Wildman–Crippen LogP) is 7.19. The van der Waals surface area contributed by atoms with Gasteiger partial charge in [-0.1, -0.05) is 95.9 Å². The molecule has 122 valence electrons. The van der Waals surface area contributed by atoms with E-state index in [9.17, 15) is 0 Å². The van der Waals surface area contributed by atoms with Gasteiger partial charge in [-0.05, 0) is 40.0 Å². The van der Waals surface area contributed by atoms with E-state index >= 15 is 0 Å². The van der Waals surface area contributed by atoms with Crippen LogP contribution in [0.1, 0.15) is 68.7 Å². The molecule has 0 bridgehead atoms. The van der Waals surface area contributed by atoms with Gasteiger partial charge >= 0.3 is 0 Å². The summed E-state index contributed by atoms with van der Waals surface area (Å²) in [7, 11) is 0.0137. The minimum atomic E-state index is -0.0639. The maximum atomic E-state index is 2.52. The number of rotatable bonds is 5. The van der Waals surface area contributed by atoms with Crippen LogP contribution in [-0.2, 0) is 0 Å². The third-order valence-corrected chi connectivity index (χ3v) is 11.0. The molecule has 1 aliphatic carbocycles. The van der Waals surface area contributed by atoms with E-state index in [2.05, 4.69) is 74.5 Å². The molecule has 0 saturated carbocycles. The molecule has 0 aromatic heterocycles. The van der Waals surface area contributed by atoms with Crippen molar-refractivity contribution in [2.24, 2.45) is 0 Å². The first-order chi connectivity index (χ1) is 9.54. The van der Waals surface area contributed by atoms with E-state index in [1.807, 2.05) is 0 Å². The van der Waals surface area contributed by atoms with Crippen molar-refractivity contribution in [1.82, 2.24) is 0 Å². The third-order valence-electron chi connectivity index (χ3n) is 4.38. The van der Waals surface area contributed by atoms with Crippen molar-refractivity contribution >= 4 is 15.8 Å². The van der Waals surface area contributed by atoms with Crippen molar-refractivity contribution in [2.45, 2.75) is 84.7 Å². The number of hydrogen-bond acceptors (Lipinski definition) is 0. The largest absolute Gasteiger partial charge is 0.0885 e. The number of hydrogen-bond donors (Lipinski definition) is 0. The first-order valence-corrected chi connectivity index (χ1v) is 11.6. The van der Waals surface area contributed by atoms with Gasteiger partial charge in [-0.2, -0.15) is 0 Å². The van der Waals surface area contributed by atoms with Gasteiger partial charge in [-0.25, -0.2) is 0 Å². The van der Waals surface area contributed by atoms with E-state index in [1.54, 1.807) is 10.9 Å². The van der Waals surface area contributed by atoms with Crippen LogP contribution in [0.5, 0.6) is 0 Å². The van der Waals surface area contributed by atoms with Crippen molar-refractivity contribution in [1.29, 1.82) is 0 Å². The normalized spacial score (nSPS) is 18.2. The van der Waals surface area contributed by atoms with Gasteiger partial charge in [-0.15, -0.1) is 0 Å². The highest BCUT2D eigenvalue weighted by atomic mass is 31.1. The van der Waals surface area contributed by atoms with E-state index in [0.717, 1.165) is 5.66 Å². The van der Waals surface area contributed by atoms with E-state index in [0.29, 0.717) is 10.3 Å². The quantitative estimate of drug-likeness (QED) is 0.469. The predicted molar refractivity (Wildman–Crippen MR) is 105 cm³/mol. The summed E-state index contributed by atoms with van der Waals surface area (Å²) in [5.41, 5.74) is 2.52. The maximum Gasteiger partial charge on any atom is -0.000586 e. The molecule has 0 aromatic rings. The lowest BCUT2D eigenvalue weighted by molar-refractivity contribution is 0.693. The minimum Gasteiger partial charge on any atom is -0.0885 e. The Hall–Kier alpha value is 0.340. The molecule has 0 amide bonds. The monoisotopic (exact) mass is 326 g/mol. The highest BCUT2D eigenvalue weighted by Crippen LogP contribution is 2.66. The van der Waals surface area contributed by atoms with Crippen LogP contribution >= 0.6 is 15.8 Å². The van der Waals surface area contributed by atoms with Gasteiger partial charge in [0.2, 0.25) is 0 Å². The Balaban J connectivity index is 3.20. The molecular formula is C19H36P2. The molecule has 1 unspecified atom stereocenters. The Morgan fingerprint density at radius 2 is 1.48 bits per heavy atom. The minimum absolute atomic E-state index is 0.0639. The van der Waals surface area contributed by atoms with Crippen LogP contribution < -0.4 is 0 Å². The second kappa shape index (κ2) is 7.27. The highest BCUT2D eigenvalue weighted by Gasteiger charge is 2.40. The molecule has 0 heterocycles. The van der Waals surface area contributed by atoms with Gasteiger partial charge < -0.3 is 0 Å². The standard InChI is InChI=1S/C19H36P2/c1-10-20(11-2)17-14-12-13-16(17)15(3)21(18(4,5)6)19(7,8)9/h12,14-15H,10-11,13H2,1-9H3. The molecule has 0 saturated heterocycles. The van der Waals surface area contributed by atoms with Gasteiger partial charge in [-0.3, -0.25) is 0 Å². The fourth-order valence-corrected chi connectivity index (χ4v) is 11.2. The molecule has 0 nitrogen and oxygen atoms in total. The first-order valence-electron chi connectivity index (χ1n) is 8.48. The fourth-order valence-electron chi connectivity index (χ4n) is 4.09. The zero-order valence-corrected chi connectivity index (χ0v) is 17.5. The van der Waals surface area contributed by atoms with Gasteiger partial charge in [0, 0.05) is 0 Å². The summed E-state index contributed by atoms with van der Waals surface area (Å²) < 4.78 is 0. The summed E-state index contributed by atoms with van der Waals surface area (Å²) in [6.07, 6.45) is 8.76. The molecule has 0 radical (unpaired) electrons. The molecular weight excluding hydrogens is 290 g/mol. The zero-order chi connectivity index (χ0) is 16.4. The van der Waals surface area contributed by atoms with Crippen LogP contribution in [0.25, 0.3) is 0 Å². The Morgan fingerprint density at radius 1 is 1.00 bits per heavy atom. The lowest BCUT2D eigenvalue weighted by Gasteiger charge is -2.46. The summed E-state index contributed by atoms with van der Waals surface area (Å²) in [4.78, 5) is 0. The first kappa shape index (κ1) is 19.4. The van der Waals surface area contributed by atoms with E-state index in [1.165, 1.54) is 18.7 Å². The van der Waals surface area contributed by atoms with Crippen molar-refractivity contribution in [3.8, 4) is 0 Å². The van der Waals surface area contributed by atoms with Crippen molar-refractivity contribution in [3.63, 3.8) is 0 Å². The molecule has 0 aliphatic heterocycles. The van der Waals surface area contributed by atoms with Gasteiger partial charge in [0.1, 0.15) is 0 Å². The lowest BCUT2D eigenvalue weighted by atomic mass is 10.2.